The molecule has 3 nitrogen and oxygen atoms in total. The summed E-state index contributed by atoms with van der Waals surface area (Å²) in [4.78, 5) is 13.8. The lowest BCUT2D eigenvalue weighted by molar-refractivity contribution is -0.134. The molecule has 0 N–H and O–H groups in total. The summed E-state index contributed by atoms with van der Waals surface area (Å²) in [6.07, 6.45) is 0. The van der Waals surface area contributed by atoms with Crippen LogP contribution in [-0.4, -0.2) is 24.5 Å². The zero-order valence-corrected chi connectivity index (χ0v) is 13.0. The van der Waals surface area contributed by atoms with Gasteiger partial charge in [-0.05, 0) is 49.2 Å². The summed E-state index contributed by atoms with van der Waals surface area (Å²) in [6, 6.07) is 13.6. The Morgan fingerprint density at radius 2 is 1.91 bits per heavy atom. The van der Waals surface area contributed by atoms with Crippen molar-refractivity contribution in [2.24, 2.45) is 0 Å². The second-order valence-corrected chi connectivity index (χ2v) is 5.34. The monoisotopic (exact) mass is 301 g/mol. The number of halogens is 1. The molecular weight excluding hydrogens is 281 g/mol. The van der Waals surface area contributed by atoms with Crippen LogP contribution in [0.1, 0.15) is 24.1 Å². The molecule has 2 aromatic carbocycles. The molecule has 0 fully saturated rings. The molecule has 0 radical (unpaired) electrons. The van der Waals surface area contributed by atoms with Crippen LogP contribution < -0.4 is 4.74 Å². The smallest absolute Gasteiger partial charge is 0.260 e. The number of carbonyl (C=O) groups is 1. The number of hydrogen-bond donors (Lipinski definition) is 0. The molecule has 0 saturated heterocycles. The van der Waals surface area contributed by atoms with Crippen molar-refractivity contribution in [2.45, 2.75) is 19.9 Å². The molecule has 0 saturated carbocycles. The first kappa shape index (κ1) is 16.0. The van der Waals surface area contributed by atoms with Crippen molar-refractivity contribution < 1.29 is 13.9 Å². The van der Waals surface area contributed by atoms with E-state index in [4.69, 9.17) is 4.74 Å². The third-order valence-corrected chi connectivity index (χ3v) is 3.68. The number of rotatable bonds is 5. The molecule has 2 rings (SSSR count). The van der Waals surface area contributed by atoms with E-state index in [9.17, 15) is 9.18 Å². The van der Waals surface area contributed by atoms with Crippen LogP contribution in [0.4, 0.5) is 4.39 Å². The van der Waals surface area contributed by atoms with Gasteiger partial charge < -0.3 is 9.64 Å². The number of ether oxygens (including phenoxy) is 1. The van der Waals surface area contributed by atoms with Crippen LogP contribution in [-0.2, 0) is 4.79 Å². The average Bonchev–Trinajstić information content (AvgIpc) is 2.52. The Kier molecular flexibility index (Phi) is 5.15. The topological polar surface area (TPSA) is 29.5 Å². The standard InChI is InChI=1S/C18H20FNO2/c1-13-5-4-6-17(11-13)22-12-18(21)20(3)14(2)15-7-9-16(19)10-8-15/h4-11,14H,12H2,1-3H3. The first-order valence-corrected chi connectivity index (χ1v) is 7.18. The highest BCUT2D eigenvalue weighted by Gasteiger charge is 2.17. The van der Waals surface area contributed by atoms with Gasteiger partial charge in [-0.1, -0.05) is 24.3 Å². The number of carbonyl (C=O) groups excluding carboxylic acids is 1. The second kappa shape index (κ2) is 7.07. The lowest BCUT2D eigenvalue weighted by Gasteiger charge is -2.25. The Balaban J connectivity index is 1.95. The summed E-state index contributed by atoms with van der Waals surface area (Å²) < 4.78 is 18.5. The highest BCUT2D eigenvalue weighted by Crippen LogP contribution is 2.19. The molecule has 0 aromatic heterocycles. The quantitative estimate of drug-likeness (QED) is 0.842. The summed E-state index contributed by atoms with van der Waals surface area (Å²) in [7, 11) is 1.72. The molecule has 116 valence electrons. The summed E-state index contributed by atoms with van der Waals surface area (Å²) in [5.41, 5.74) is 1.96. The number of aryl methyl sites for hydroxylation is 1. The van der Waals surface area contributed by atoms with Crippen molar-refractivity contribution in [1.29, 1.82) is 0 Å². The van der Waals surface area contributed by atoms with Crippen LogP contribution >= 0.6 is 0 Å². The van der Waals surface area contributed by atoms with Crippen LogP contribution in [0.15, 0.2) is 48.5 Å². The van der Waals surface area contributed by atoms with Crippen molar-refractivity contribution in [3.63, 3.8) is 0 Å². The van der Waals surface area contributed by atoms with Crippen LogP contribution in [0.25, 0.3) is 0 Å². The van der Waals surface area contributed by atoms with Gasteiger partial charge in [-0.25, -0.2) is 4.39 Å². The Bertz CT molecular complexity index is 640. The highest BCUT2D eigenvalue weighted by molar-refractivity contribution is 5.78. The molecule has 0 spiro atoms. The molecule has 0 aliphatic carbocycles. The average molecular weight is 301 g/mol. The molecule has 1 atom stereocenters. The third kappa shape index (κ3) is 4.07. The molecule has 0 aliphatic rings. The van der Waals surface area contributed by atoms with Crippen LogP contribution in [0, 0.1) is 12.7 Å². The van der Waals surface area contributed by atoms with E-state index in [1.54, 1.807) is 24.1 Å². The fourth-order valence-electron chi connectivity index (χ4n) is 2.13. The van der Waals surface area contributed by atoms with Crippen molar-refractivity contribution in [1.82, 2.24) is 4.90 Å². The number of amides is 1. The minimum atomic E-state index is -0.285. The van der Waals surface area contributed by atoms with Gasteiger partial charge in [0.15, 0.2) is 6.61 Å². The zero-order valence-electron chi connectivity index (χ0n) is 13.0. The van der Waals surface area contributed by atoms with E-state index < -0.39 is 0 Å². The van der Waals surface area contributed by atoms with E-state index in [1.165, 1.54) is 12.1 Å². The van der Waals surface area contributed by atoms with E-state index >= 15 is 0 Å². The van der Waals surface area contributed by atoms with Gasteiger partial charge in [0, 0.05) is 7.05 Å². The van der Waals surface area contributed by atoms with Gasteiger partial charge in [0.25, 0.3) is 5.91 Å². The molecule has 1 amide bonds. The molecule has 0 bridgehead atoms. The molecule has 4 heteroatoms. The SMILES string of the molecule is Cc1cccc(OCC(=O)N(C)C(C)c2ccc(F)cc2)c1. The molecule has 0 heterocycles. The van der Waals surface area contributed by atoms with E-state index in [-0.39, 0.29) is 24.4 Å². The van der Waals surface area contributed by atoms with Gasteiger partial charge in [-0.3, -0.25) is 4.79 Å². The fraction of sp³-hybridized carbons (Fsp3) is 0.278. The predicted octanol–water partition coefficient (Wildman–Crippen LogP) is 3.73. The molecule has 2 aromatic rings. The van der Waals surface area contributed by atoms with Gasteiger partial charge in [-0.15, -0.1) is 0 Å². The fourth-order valence-corrected chi connectivity index (χ4v) is 2.13. The van der Waals surface area contributed by atoms with Crippen molar-refractivity contribution in [3.8, 4) is 5.75 Å². The maximum Gasteiger partial charge on any atom is 0.260 e. The van der Waals surface area contributed by atoms with Crippen molar-refractivity contribution >= 4 is 5.91 Å². The molecule has 1 unspecified atom stereocenters. The number of hydrogen-bond acceptors (Lipinski definition) is 2. The van der Waals surface area contributed by atoms with Crippen LogP contribution in [0.5, 0.6) is 5.75 Å². The molecule has 0 aliphatic heterocycles. The van der Waals surface area contributed by atoms with Crippen molar-refractivity contribution in [3.05, 3.63) is 65.5 Å². The van der Waals surface area contributed by atoms with Gasteiger partial charge >= 0.3 is 0 Å². The predicted molar refractivity (Wildman–Crippen MR) is 84.3 cm³/mol. The molecule has 22 heavy (non-hydrogen) atoms. The third-order valence-electron chi connectivity index (χ3n) is 3.68. The van der Waals surface area contributed by atoms with Crippen LogP contribution in [0.3, 0.4) is 0 Å². The molecular formula is C18H20FNO2. The summed E-state index contributed by atoms with van der Waals surface area (Å²) >= 11 is 0. The summed E-state index contributed by atoms with van der Waals surface area (Å²) in [5.74, 6) is 0.266. The highest BCUT2D eigenvalue weighted by atomic mass is 19.1. The first-order chi connectivity index (χ1) is 10.5. The van der Waals surface area contributed by atoms with Gasteiger partial charge in [0.1, 0.15) is 11.6 Å². The Labute approximate surface area is 130 Å². The van der Waals surface area contributed by atoms with Crippen molar-refractivity contribution in [2.75, 3.05) is 13.7 Å². The number of nitrogens with zero attached hydrogens (tertiary/aromatic N) is 1. The lowest BCUT2D eigenvalue weighted by atomic mass is 10.1. The van der Waals surface area contributed by atoms with E-state index in [1.807, 2.05) is 38.1 Å². The van der Waals surface area contributed by atoms with Gasteiger partial charge in [0.05, 0.1) is 6.04 Å². The van der Waals surface area contributed by atoms with Gasteiger partial charge in [-0.2, -0.15) is 0 Å². The first-order valence-electron chi connectivity index (χ1n) is 7.18. The summed E-state index contributed by atoms with van der Waals surface area (Å²) in [6.45, 7) is 3.85. The number of likely N-dealkylation sites (N-methyl/N-ethyl adjacent to an activating group) is 1. The largest absolute Gasteiger partial charge is 0.484 e. The maximum atomic E-state index is 13.0. The minimum Gasteiger partial charge on any atom is -0.484 e. The summed E-state index contributed by atoms with van der Waals surface area (Å²) in [5, 5.41) is 0. The Hall–Kier alpha value is -2.36. The van der Waals surface area contributed by atoms with Gasteiger partial charge in [0.2, 0.25) is 0 Å². The van der Waals surface area contributed by atoms with E-state index in [0.29, 0.717) is 5.75 Å². The number of benzene rings is 2. The van der Waals surface area contributed by atoms with Crippen LogP contribution in [0.2, 0.25) is 0 Å². The Morgan fingerprint density at radius 3 is 2.55 bits per heavy atom. The Morgan fingerprint density at radius 1 is 1.23 bits per heavy atom. The zero-order chi connectivity index (χ0) is 16.1. The lowest BCUT2D eigenvalue weighted by Crippen LogP contribution is -2.33. The van der Waals surface area contributed by atoms with E-state index in [2.05, 4.69) is 0 Å². The normalized spacial score (nSPS) is 11.8. The minimum absolute atomic E-state index is 0.0223. The second-order valence-electron chi connectivity index (χ2n) is 5.34. The van der Waals surface area contributed by atoms with E-state index in [0.717, 1.165) is 11.1 Å². The maximum absolute atomic E-state index is 13.0.